The van der Waals surface area contributed by atoms with E-state index in [2.05, 4.69) is 53.4 Å². The number of nitrogens with zero attached hydrogens (tertiary/aromatic N) is 1. The Kier molecular flexibility index (Phi) is 11.7. The normalized spacial score (nSPS) is 20.9. The second kappa shape index (κ2) is 16.3. The molecule has 4 aromatic rings. The summed E-state index contributed by atoms with van der Waals surface area (Å²) in [6, 6.07) is 40.6. The number of ether oxygens (including phenoxy) is 4. The average Bonchev–Trinajstić information content (AvgIpc) is 3.05. The Bertz CT molecular complexity index is 1280. The topological polar surface area (TPSA) is 60.4 Å². The minimum Gasteiger partial charge on any atom is -0.395 e. The van der Waals surface area contributed by atoms with Gasteiger partial charge in [0.1, 0.15) is 12.2 Å². The Morgan fingerprint density at radius 1 is 0.548 bits per heavy atom. The molecule has 1 fully saturated rings. The maximum absolute atomic E-state index is 10.1. The minimum atomic E-state index is -0.356. The lowest BCUT2D eigenvalue weighted by Gasteiger charge is -2.48. The number of rotatable bonds is 15. The van der Waals surface area contributed by atoms with Crippen LogP contribution in [0.25, 0.3) is 0 Å². The number of hydrogen-bond donors (Lipinski definition) is 1. The van der Waals surface area contributed by atoms with Crippen LogP contribution in [0.1, 0.15) is 22.3 Å². The second-order valence-corrected chi connectivity index (χ2v) is 10.6. The van der Waals surface area contributed by atoms with Crippen molar-refractivity contribution in [1.82, 2.24) is 4.90 Å². The van der Waals surface area contributed by atoms with E-state index in [1.54, 1.807) is 0 Å². The van der Waals surface area contributed by atoms with Crippen LogP contribution in [0.2, 0.25) is 0 Å². The SMILES string of the molecule is OCCN1C[C@H](OCc2ccccc2)[C@@H](OCc2ccccc2)[C@@H](OCc2ccccc2)[C@@H]1COCc1ccccc1. The van der Waals surface area contributed by atoms with Crippen LogP contribution in [0.3, 0.4) is 0 Å². The molecule has 0 radical (unpaired) electrons. The van der Waals surface area contributed by atoms with Crippen LogP contribution in [0, 0.1) is 0 Å². The Morgan fingerprint density at radius 2 is 0.976 bits per heavy atom. The molecule has 42 heavy (non-hydrogen) atoms. The molecule has 0 unspecified atom stereocenters. The molecule has 0 saturated carbocycles. The van der Waals surface area contributed by atoms with Crippen molar-refractivity contribution in [2.45, 2.75) is 50.8 Å². The molecule has 0 aliphatic carbocycles. The van der Waals surface area contributed by atoms with Gasteiger partial charge in [-0.15, -0.1) is 0 Å². The van der Waals surface area contributed by atoms with Gasteiger partial charge in [-0.2, -0.15) is 0 Å². The third-order valence-corrected chi connectivity index (χ3v) is 7.62. The molecule has 1 heterocycles. The van der Waals surface area contributed by atoms with Gasteiger partial charge in [0.15, 0.2) is 0 Å². The molecule has 6 heteroatoms. The van der Waals surface area contributed by atoms with Gasteiger partial charge in [0.25, 0.3) is 0 Å². The highest BCUT2D eigenvalue weighted by Crippen LogP contribution is 2.29. The minimum absolute atomic E-state index is 0.0293. The van der Waals surface area contributed by atoms with Crippen LogP contribution >= 0.6 is 0 Å². The summed E-state index contributed by atoms with van der Waals surface area (Å²) in [6.45, 7) is 3.39. The van der Waals surface area contributed by atoms with E-state index in [4.69, 9.17) is 18.9 Å². The molecule has 4 aromatic carbocycles. The molecule has 0 aromatic heterocycles. The molecule has 220 valence electrons. The molecule has 6 nitrogen and oxygen atoms in total. The number of β-amino-alcohol motifs (C(OH)–C–C–N with tert-alkyl or cyclic N) is 1. The highest BCUT2D eigenvalue weighted by Gasteiger charge is 2.46. The van der Waals surface area contributed by atoms with E-state index in [1.165, 1.54) is 0 Å². The number of benzene rings is 4. The molecule has 1 saturated heterocycles. The third kappa shape index (κ3) is 8.82. The quantitative estimate of drug-likeness (QED) is 0.201. The first-order valence-corrected chi connectivity index (χ1v) is 14.7. The van der Waals surface area contributed by atoms with Crippen molar-refractivity contribution in [3.8, 4) is 0 Å². The zero-order valence-corrected chi connectivity index (χ0v) is 24.0. The molecule has 4 atom stereocenters. The average molecular weight is 568 g/mol. The van der Waals surface area contributed by atoms with Gasteiger partial charge in [-0.1, -0.05) is 121 Å². The van der Waals surface area contributed by atoms with E-state index in [-0.39, 0.29) is 31.0 Å². The zero-order chi connectivity index (χ0) is 28.8. The Hall–Kier alpha value is -3.36. The van der Waals surface area contributed by atoms with E-state index in [0.29, 0.717) is 46.1 Å². The van der Waals surface area contributed by atoms with E-state index in [9.17, 15) is 5.11 Å². The Balaban J connectivity index is 1.40. The van der Waals surface area contributed by atoms with Crippen molar-refractivity contribution >= 4 is 0 Å². The highest BCUT2D eigenvalue weighted by atomic mass is 16.6. The fraction of sp³-hybridized carbons (Fsp3) is 0.333. The fourth-order valence-corrected chi connectivity index (χ4v) is 5.43. The number of aliphatic hydroxyl groups is 1. The van der Waals surface area contributed by atoms with Gasteiger partial charge in [0.05, 0.1) is 51.8 Å². The molecule has 1 aliphatic rings. The van der Waals surface area contributed by atoms with Crippen molar-refractivity contribution in [2.24, 2.45) is 0 Å². The summed E-state index contributed by atoms with van der Waals surface area (Å²) < 4.78 is 26.3. The first kappa shape index (κ1) is 30.1. The maximum atomic E-state index is 10.1. The summed E-state index contributed by atoms with van der Waals surface area (Å²) in [5, 5.41) is 10.1. The Morgan fingerprint density at radius 3 is 1.45 bits per heavy atom. The van der Waals surface area contributed by atoms with Crippen molar-refractivity contribution in [1.29, 1.82) is 0 Å². The summed E-state index contributed by atoms with van der Waals surface area (Å²) >= 11 is 0. The van der Waals surface area contributed by atoms with E-state index < -0.39 is 0 Å². The van der Waals surface area contributed by atoms with Gasteiger partial charge in [-0.3, -0.25) is 4.90 Å². The number of piperidine rings is 1. The van der Waals surface area contributed by atoms with Crippen molar-refractivity contribution in [3.63, 3.8) is 0 Å². The molecule has 1 N–H and O–H groups in total. The summed E-state index contributed by atoms with van der Waals surface area (Å²) in [7, 11) is 0. The molecular formula is C36H41NO5. The van der Waals surface area contributed by atoms with Gasteiger partial charge in [0.2, 0.25) is 0 Å². The van der Waals surface area contributed by atoms with E-state index in [1.807, 2.05) is 72.8 Å². The van der Waals surface area contributed by atoms with Crippen LogP contribution in [0.4, 0.5) is 0 Å². The highest BCUT2D eigenvalue weighted by molar-refractivity contribution is 5.16. The second-order valence-electron chi connectivity index (χ2n) is 10.6. The summed E-state index contributed by atoms with van der Waals surface area (Å²) in [5.41, 5.74) is 4.40. The van der Waals surface area contributed by atoms with Crippen molar-refractivity contribution in [3.05, 3.63) is 144 Å². The van der Waals surface area contributed by atoms with Gasteiger partial charge >= 0.3 is 0 Å². The first-order valence-electron chi connectivity index (χ1n) is 14.7. The summed E-state index contributed by atoms with van der Waals surface area (Å²) in [6.07, 6.45) is -0.977. The summed E-state index contributed by atoms with van der Waals surface area (Å²) in [5.74, 6) is 0. The smallest absolute Gasteiger partial charge is 0.113 e. The van der Waals surface area contributed by atoms with Gasteiger partial charge in [0, 0.05) is 13.1 Å². The van der Waals surface area contributed by atoms with Gasteiger partial charge < -0.3 is 24.1 Å². The number of aliphatic hydroxyl groups excluding tert-OH is 1. The third-order valence-electron chi connectivity index (χ3n) is 7.62. The monoisotopic (exact) mass is 567 g/mol. The predicted octanol–water partition coefficient (Wildman–Crippen LogP) is 5.64. The molecule has 0 bridgehead atoms. The van der Waals surface area contributed by atoms with Crippen LogP contribution in [-0.4, -0.2) is 60.7 Å². The zero-order valence-electron chi connectivity index (χ0n) is 24.0. The predicted molar refractivity (Wildman–Crippen MR) is 164 cm³/mol. The van der Waals surface area contributed by atoms with Crippen molar-refractivity contribution in [2.75, 3.05) is 26.3 Å². The standard InChI is InChI=1S/C36H41NO5/c38-22-21-37-23-34(40-25-30-15-7-2-8-16-30)36(42-27-32-19-11-4-12-20-32)35(41-26-31-17-9-3-10-18-31)33(37)28-39-24-29-13-5-1-6-14-29/h1-20,33-36,38H,21-28H2/t33-,34-,35-,36+/m0/s1. The molecular weight excluding hydrogens is 526 g/mol. The largest absolute Gasteiger partial charge is 0.395 e. The van der Waals surface area contributed by atoms with Crippen LogP contribution < -0.4 is 0 Å². The van der Waals surface area contributed by atoms with Crippen molar-refractivity contribution < 1.29 is 24.1 Å². The van der Waals surface area contributed by atoms with Crippen LogP contribution in [0.15, 0.2) is 121 Å². The summed E-state index contributed by atoms with van der Waals surface area (Å²) in [4.78, 5) is 2.23. The molecule has 0 spiro atoms. The van der Waals surface area contributed by atoms with Crippen LogP contribution in [0.5, 0.6) is 0 Å². The fourth-order valence-electron chi connectivity index (χ4n) is 5.43. The van der Waals surface area contributed by atoms with Gasteiger partial charge in [-0.05, 0) is 22.3 Å². The molecule has 0 amide bonds. The molecule has 5 rings (SSSR count). The lowest BCUT2D eigenvalue weighted by atomic mass is 9.93. The lowest BCUT2D eigenvalue weighted by molar-refractivity contribution is -0.211. The van der Waals surface area contributed by atoms with Crippen LogP contribution in [-0.2, 0) is 45.4 Å². The first-order chi connectivity index (χ1) is 20.8. The maximum Gasteiger partial charge on any atom is 0.113 e. The Labute approximate surface area is 249 Å². The number of likely N-dealkylation sites (tertiary alicyclic amines) is 1. The lowest BCUT2D eigenvalue weighted by Crippen LogP contribution is -2.65. The van der Waals surface area contributed by atoms with E-state index in [0.717, 1.165) is 22.3 Å². The van der Waals surface area contributed by atoms with Gasteiger partial charge in [-0.25, -0.2) is 0 Å². The number of hydrogen-bond acceptors (Lipinski definition) is 6. The molecule has 1 aliphatic heterocycles. The van der Waals surface area contributed by atoms with E-state index >= 15 is 0 Å².